The summed E-state index contributed by atoms with van der Waals surface area (Å²) in [5.41, 5.74) is 6.03. The van der Waals surface area contributed by atoms with Crippen molar-refractivity contribution in [3.05, 3.63) is 35.9 Å². The first-order chi connectivity index (χ1) is 9.50. The van der Waals surface area contributed by atoms with Crippen LogP contribution < -0.4 is 5.73 Å². The predicted molar refractivity (Wildman–Crippen MR) is 76.2 cm³/mol. The van der Waals surface area contributed by atoms with Gasteiger partial charge in [0.15, 0.2) is 0 Å². The minimum Gasteiger partial charge on any atom is -0.377 e. The van der Waals surface area contributed by atoms with Crippen LogP contribution in [0.3, 0.4) is 0 Å². The van der Waals surface area contributed by atoms with Crippen LogP contribution in [0.2, 0.25) is 0 Å². The SMILES string of the molecule is COC1CN(C(=O)C(C)(N)c2ccccc2)CC1OC. The number of ether oxygens (including phenoxy) is 2. The summed E-state index contributed by atoms with van der Waals surface area (Å²) in [6.07, 6.45) is -0.203. The molecule has 1 heterocycles. The summed E-state index contributed by atoms with van der Waals surface area (Å²) in [5.74, 6) is -0.106. The number of likely N-dealkylation sites (tertiary alicyclic amines) is 1. The number of amides is 1. The molecule has 5 heteroatoms. The molecule has 2 rings (SSSR count). The molecule has 5 nitrogen and oxygen atoms in total. The van der Waals surface area contributed by atoms with Crippen molar-refractivity contribution in [2.75, 3.05) is 27.3 Å². The molecule has 2 N–H and O–H groups in total. The summed E-state index contributed by atoms with van der Waals surface area (Å²) in [6.45, 7) is 2.76. The Balaban J connectivity index is 2.16. The van der Waals surface area contributed by atoms with Crippen LogP contribution in [0.1, 0.15) is 12.5 Å². The summed E-state index contributed by atoms with van der Waals surface area (Å²) in [6, 6.07) is 9.41. The van der Waals surface area contributed by atoms with E-state index in [0.29, 0.717) is 13.1 Å². The molecule has 0 saturated carbocycles. The van der Waals surface area contributed by atoms with E-state index in [0.717, 1.165) is 5.56 Å². The van der Waals surface area contributed by atoms with Gasteiger partial charge in [0.05, 0.1) is 0 Å². The maximum atomic E-state index is 12.7. The van der Waals surface area contributed by atoms with Crippen molar-refractivity contribution in [1.29, 1.82) is 0 Å². The molecule has 0 radical (unpaired) electrons. The molecule has 0 aromatic heterocycles. The van der Waals surface area contributed by atoms with Crippen LogP contribution in [0.4, 0.5) is 0 Å². The second kappa shape index (κ2) is 5.91. The number of rotatable bonds is 4. The van der Waals surface area contributed by atoms with Gasteiger partial charge in [-0.1, -0.05) is 30.3 Å². The van der Waals surface area contributed by atoms with Gasteiger partial charge in [0.1, 0.15) is 17.7 Å². The van der Waals surface area contributed by atoms with E-state index in [1.807, 2.05) is 30.3 Å². The standard InChI is InChI=1S/C15H22N2O3/c1-15(16,11-7-5-4-6-8-11)14(18)17-9-12(19-2)13(10-17)20-3/h4-8,12-13H,9-10,16H2,1-3H3. The lowest BCUT2D eigenvalue weighted by Crippen LogP contribution is -2.50. The fraction of sp³-hybridized carbons (Fsp3) is 0.533. The highest BCUT2D eigenvalue weighted by atomic mass is 16.5. The molecular formula is C15H22N2O3. The van der Waals surface area contributed by atoms with Crippen LogP contribution in [-0.2, 0) is 19.8 Å². The average molecular weight is 278 g/mol. The van der Waals surface area contributed by atoms with Gasteiger partial charge in [-0.05, 0) is 12.5 Å². The van der Waals surface area contributed by atoms with Crippen molar-refractivity contribution in [3.63, 3.8) is 0 Å². The minimum absolute atomic E-state index is 0.101. The Kier molecular flexibility index (Phi) is 4.42. The summed E-state index contributed by atoms with van der Waals surface area (Å²) >= 11 is 0. The van der Waals surface area contributed by atoms with Gasteiger partial charge in [0.25, 0.3) is 0 Å². The smallest absolute Gasteiger partial charge is 0.247 e. The molecule has 1 fully saturated rings. The second-order valence-electron chi connectivity index (χ2n) is 5.33. The van der Waals surface area contributed by atoms with Gasteiger partial charge in [0.2, 0.25) is 5.91 Å². The van der Waals surface area contributed by atoms with Gasteiger partial charge < -0.3 is 20.1 Å². The van der Waals surface area contributed by atoms with E-state index in [1.54, 1.807) is 26.0 Å². The topological polar surface area (TPSA) is 64.8 Å². The number of hydrogen-bond donors (Lipinski definition) is 1. The first kappa shape index (κ1) is 15.0. The number of hydrogen-bond acceptors (Lipinski definition) is 4. The molecule has 110 valence electrons. The van der Waals surface area contributed by atoms with Crippen LogP contribution in [0.5, 0.6) is 0 Å². The zero-order valence-electron chi connectivity index (χ0n) is 12.2. The van der Waals surface area contributed by atoms with E-state index in [4.69, 9.17) is 15.2 Å². The molecule has 1 saturated heterocycles. The molecule has 1 amide bonds. The van der Waals surface area contributed by atoms with Gasteiger partial charge >= 0.3 is 0 Å². The van der Waals surface area contributed by atoms with Crippen LogP contribution in [0, 0.1) is 0 Å². The Morgan fingerprint density at radius 2 is 1.70 bits per heavy atom. The summed E-state index contributed by atoms with van der Waals surface area (Å²) in [7, 11) is 3.26. The Bertz CT molecular complexity index is 449. The zero-order chi connectivity index (χ0) is 14.8. The van der Waals surface area contributed by atoms with Crippen LogP contribution in [0.25, 0.3) is 0 Å². The third kappa shape index (κ3) is 2.70. The van der Waals surface area contributed by atoms with Gasteiger partial charge in [-0.2, -0.15) is 0 Å². The number of nitrogens with zero attached hydrogens (tertiary/aromatic N) is 1. The molecule has 20 heavy (non-hydrogen) atoms. The second-order valence-corrected chi connectivity index (χ2v) is 5.33. The summed E-state index contributed by atoms with van der Waals surface area (Å²) in [4.78, 5) is 14.4. The van der Waals surface area contributed by atoms with Gasteiger partial charge in [0, 0.05) is 27.3 Å². The average Bonchev–Trinajstić information content (AvgIpc) is 2.90. The molecule has 3 atom stereocenters. The van der Waals surface area contributed by atoms with E-state index in [9.17, 15) is 4.79 Å². The molecule has 1 aromatic rings. The third-order valence-electron chi connectivity index (χ3n) is 3.93. The number of nitrogens with two attached hydrogens (primary N) is 1. The highest BCUT2D eigenvalue weighted by Crippen LogP contribution is 2.24. The number of methoxy groups -OCH3 is 2. The largest absolute Gasteiger partial charge is 0.377 e. The van der Waals surface area contributed by atoms with E-state index >= 15 is 0 Å². The molecule has 0 spiro atoms. The van der Waals surface area contributed by atoms with E-state index in [1.165, 1.54) is 0 Å². The third-order valence-corrected chi connectivity index (χ3v) is 3.93. The number of carbonyl (C=O) groups excluding carboxylic acids is 1. The van der Waals surface area contributed by atoms with Crippen LogP contribution >= 0.6 is 0 Å². The summed E-state index contributed by atoms with van der Waals surface area (Å²) in [5, 5.41) is 0. The highest BCUT2D eigenvalue weighted by Gasteiger charge is 2.41. The predicted octanol–water partition coefficient (Wildman–Crippen LogP) is 0.733. The van der Waals surface area contributed by atoms with E-state index in [-0.39, 0.29) is 18.1 Å². The van der Waals surface area contributed by atoms with E-state index < -0.39 is 5.54 Å². The van der Waals surface area contributed by atoms with Gasteiger partial charge in [-0.3, -0.25) is 4.79 Å². The maximum absolute atomic E-state index is 12.7. The fourth-order valence-electron chi connectivity index (χ4n) is 2.60. The van der Waals surface area contributed by atoms with Crippen molar-refractivity contribution in [3.8, 4) is 0 Å². The molecule has 1 aliphatic heterocycles. The Labute approximate surface area is 119 Å². The molecule has 1 aromatic carbocycles. The number of carbonyl (C=O) groups is 1. The monoisotopic (exact) mass is 278 g/mol. The van der Waals surface area contributed by atoms with Crippen molar-refractivity contribution < 1.29 is 14.3 Å². The van der Waals surface area contributed by atoms with Crippen molar-refractivity contribution >= 4 is 5.91 Å². The van der Waals surface area contributed by atoms with Crippen molar-refractivity contribution in [2.45, 2.75) is 24.7 Å². The molecule has 1 aliphatic rings. The van der Waals surface area contributed by atoms with Crippen LogP contribution in [-0.4, -0.2) is 50.3 Å². The molecular weight excluding hydrogens is 256 g/mol. The Morgan fingerprint density at radius 1 is 1.20 bits per heavy atom. The zero-order valence-corrected chi connectivity index (χ0v) is 12.2. The van der Waals surface area contributed by atoms with Crippen LogP contribution in [0.15, 0.2) is 30.3 Å². The summed E-state index contributed by atoms with van der Waals surface area (Å²) < 4.78 is 10.7. The normalized spacial score (nSPS) is 25.5. The lowest BCUT2D eigenvalue weighted by molar-refractivity contribution is -0.136. The molecule has 3 unspecified atom stereocenters. The maximum Gasteiger partial charge on any atom is 0.247 e. The fourth-order valence-corrected chi connectivity index (χ4v) is 2.60. The first-order valence-corrected chi connectivity index (χ1v) is 6.70. The highest BCUT2D eigenvalue weighted by molar-refractivity contribution is 5.87. The van der Waals surface area contributed by atoms with Gasteiger partial charge in [-0.15, -0.1) is 0 Å². The van der Waals surface area contributed by atoms with Crippen molar-refractivity contribution in [2.24, 2.45) is 5.73 Å². The number of benzene rings is 1. The lowest BCUT2D eigenvalue weighted by Gasteiger charge is -2.29. The first-order valence-electron chi connectivity index (χ1n) is 6.70. The molecule has 0 bridgehead atoms. The minimum atomic E-state index is -1.04. The van der Waals surface area contributed by atoms with E-state index in [2.05, 4.69) is 0 Å². The Hall–Kier alpha value is -1.43. The Morgan fingerprint density at radius 3 is 2.15 bits per heavy atom. The van der Waals surface area contributed by atoms with Gasteiger partial charge in [-0.25, -0.2) is 0 Å². The lowest BCUT2D eigenvalue weighted by atomic mass is 9.92. The van der Waals surface area contributed by atoms with Crippen molar-refractivity contribution in [1.82, 2.24) is 4.90 Å². The quantitative estimate of drug-likeness (QED) is 0.882. The molecule has 0 aliphatic carbocycles.